The predicted molar refractivity (Wildman–Crippen MR) is 64.9 cm³/mol. The summed E-state index contributed by atoms with van der Waals surface area (Å²) < 4.78 is 1.11. The molecule has 1 aromatic carbocycles. The van der Waals surface area contributed by atoms with Crippen LogP contribution >= 0.6 is 11.3 Å². The van der Waals surface area contributed by atoms with Crippen LogP contribution in [0.3, 0.4) is 0 Å². The Morgan fingerprint density at radius 1 is 1.44 bits per heavy atom. The molecule has 0 bridgehead atoms. The minimum absolute atomic E-state index is 0.104. The van der Waals surface area contributed by atoms with Crippen LogP contribution in [-0.4, -0.2) is 16.1 Å². The molecule has 0 aliphatic heterocycles. The van der Waals surface area contributed by atoms with Gasteiger partial charge in [0.1, 0.15) is 5.01 Å². The highest BCUT2D eigenvalue weighted by atomic mass is 32.1. The Kier molecular flexibility index (Phi) is 2.68. The Bertz CT molecular complexity index is 498. The Morgan fingerprint density at radius 2 is 2.12 bits per heavy atom. The van der Waals surface area contributed by atoms with E-state index in [0.717, 1.165) is 15.2 Å². The number of carbonyl (C=O) groups is 1. The fourth-order valence-corrected chi connectivity index (χ4v) is 2.68. The van der Waals surface area contributed by atoms with E-state index >= 15 is 0 Å². The van der Waals surface area contributed by atoms with Gasteiger partial charge in [-0.05, 0) is 12.1 Å². The van der Waals surface area contributed by atoms with Gasteiger partial charge in [0.15, 0.2) is 0 Å². The molecule has 16 heavy (non-hydrogen) atoms. The van der Waals surface area contributed by atoms with Gasteiger partial charge >= 0.3 is 5.97 Å². The van der Waals surface area contributed by atoms with Crippen molar-refractivity contribution in [2.24, 2.45) is 0 Å². The topological polar surface area (TPSA) is 50.2 Å². The number of carboxylic acids is 1. The van der Waals surface area contributed by atoms with Gasteiger partial charge in [-0.25, -0.2) is 4.98 Å². The number of para-hydroxylation sites is 1. The summed E-state index contributed by atoms with van der Waals surface area (Å²) in [6.07, 6.45) is 0.104. The second-order valence-electron chi connectivity index (χ2n) is 4.44. The van der Waals surface area contributed by atoms with Crippen molar-refractivity contribution in [3.8, 4) is 0 Å². The number of nitrogens with zero attached hydrogens (tertiary/aromatic N) is 1. The molecule has 2 aromatic rings. The van der Waals surface area contributed by atoms with Crippen LogP contribution in [0.4, 0.5) is 0 Å². The summed E-state index contributed by atoms with van der Waals surface area (Å²) in [5.74, 6) is -0.788. The molecule has 84 valence electrons. The summed E-state index contributed by atoms with van der Waals surface area (Å²) in [6.45, 7) is 3.83. The second-order valence-corrected chi connectivity index (χ2v) is 5.47. The van der Waals surface area contributed by atoms with Crippen molar-refractivity contribution < 1.29 is 9.90 Å². The summed E-state index contributed by atoms with van der Waals surface area (Å²) >= 11 is 1.57. The van der Waals surface area contributed by atoms with Gasteiger partial charge in [0.2, 0.25) is 0 Å². The first-order valence-corrected chi connectivity index (χ1v) is 5.88. The Hall–Kier alpha value is -1.42. The SMILES string of the molecule is CC(C)(CC(=O)O)c1nc2ccccc2s1. The van der Waals surface area contributed by atoms with Crippen molar-refractivity contribution in [1.82, 2.24) is 4.98 Å². The zero-order valence-corrected chi connectivity index (χ0v) is 10.0. The average Bonchev–Trinajstić information content (AvgIpc) is 2.59. The van der Waals surface area contributed by atoms with Crippen LogP contribution in [0, 0.1) is 0 Å². The molecule has 3 nitrogen and oxygen atoms in total. The molecule has 1 heterocycles. The summed E-state index contributed by atoms with van der Waals surface area (Å²) in [5.41, 5.74) is 0.538. The van der Waals surface area contributed by atoms with Gasteiger partial charge in [0, 0.05) is 5.41 Å². The van der Waals surface area contributed by atoms with Crippen molar-refractivity contribution in [2.45, 2.75) is 25.7 Å². The van der Waals surface area contributed by atoms with E-state index in [4.69, 9.17) is 5.11 Å². The molecule has 0 spiro atoms. The minimum Gasteiger partial charge on any atom is -0.481 e. The molecule has 0 aliphatic carbocycles. The van der Waals surface area contributed by atoms with Gasteiger partial charge in [0.05, 0.1) is 16.6 Å². The largest absolute Gasteiger partial charge is 0.481 e. The van der Waals surface area contributed by atoms with E-state index in [2.05, 4.69) is 4.98 Å². The van der Waals surface area contributed by atoms with Gasteiger partial charge in [-0.2, -0.15) is 0 Å². The number of carboxylic acid groups (broad SMARTS) is 1. The van der Waals surface area contributed by atoms with Crippen LogP contribution in [0.25, 0.3) is 10.2 Å². The molecule has 1 N–H and O–H groups in total. The number of thiazole rings is 1. The van der Waals surface area contributed by atoms with Gasteiger partial charge in [-0.1, -0.05) is 26.0 Å². The van der Waals surface area contributed by atoms with Crippen LogP contribution in [0.2, 0.25) is 0 Å². The third kappa shape index (κ3) is 2.07. The first-order valence-electron chi connectivity index (χ1n) is 5.07. The summed E-state index contributed by atoms with van der Waals surface area (Å²) in [6, 6.07) is 7.87. The molecule has 4 heteroatoms. The molecule has 1 aromatic heterocycles. The number of rotatable bonds is 3. The fraction of sp³-hybridized carbons (Fsp3) is 0.333. The first kappa shape index (κ1) is 11.1. The number of hydrogen-bond donors (Lipinski definition) is 1. The normalized spacial score (nSPS) is 11.9. The third-order valence-electron chi connectivity index (χ3n) is 2.47. The predicted octanol–water partition coefficient (Wildman–Crippen LogP) is 3.05. The molecule has 0 amide bonds. The van der Waals surface area contributed by atoms with Crippen LogP contribution in [-0.2, 0) is 10.2 Å². The van der Waals surface area contributed by atoms with Crippen molar-refractivity contribution in [3.63, 3.8) is 0 Å². The Labute approximate surface area is 97.8 Å². The van der Waals surface area contributed by atoms with E-state index < -0.39 is 11.4 Å². The second kappa shape index (κ2) is 3.87. The van der Waals surface area contributed by atoms with Crippen molar-refractivity contribution in [2.75, 3.05) is 0 Å². The number of fused-ring (bicyclic) bond motifs is 1. The lowest BCUT2D eigenvalue weighted by atomic mass is 9.90. The number of benzene rings is 1. The van der Waals surface area contributed by atoms with Crippen LogP contribution in [0.1, 0.15) is 25.3 Å². The lowest BCUT2D eigenvalue weighted by Crippen LogP contribution is -2.21. The third-order valence-corrected chi connectivity index (χ3v) is 3.87. The zero-order valence-electron chi connectivity index (χ0n) is 9.23. The Morgan fingerprint density at radius 3 is 2.75 bits per heavy atom. The number of aromatic nitrogens is 1. The quantitative estimate of drug-likeness (QED) is 0.889. The fourth-order valence-electron chi connectivity index (χ4n) is 1.62. The van der Waals surface area contributed by atoms with E-state index in [1.165, 1.54) is 0 Å². The highest BCUT2D eigenvalue weighted by Crippen LogP contribution is 2.33. The molecule has 0 saturated heterocycles. The number of hydrogen-bond acceptors (Lipinski definition) is 3. The molecule has 0 fully saturated rings. The van der Waals surface area contributed by atoms with Gasteiger partial charge in [-0.3, -0.25) is 4.79 Å². The van der Waals surface area contributed by atoms with Gasteiger partial charge in [0.25, 0.3) is 0 Å². The molecule has 0 aliphatic rings. The van der Waals surface area contributed by atoms with E-state index in [0.29, 0.717) is 0 Å². The summed E-state index contributed by atoms with van der Waals surface area (Å²) in [5, 5.41) is 9.75. The molecule has 0 radical (unpaired) electrons. The van der Waals surface area contributed by atoms with Gasteiger partial charge < -0.3 is 5.11 Å². The summed E-state index contributed by atoms with van der Waals surface area (Å²) in [4.78, 5) is 15.3. The van der Waals surface area contributed by atoms with Crippen LogP contribution in [0.5, 0.6) is 0 Å². The molecule has 0 atom stereocenters. The molecule has 0 saturated carbocycles. The van der Waals surface area contributed by atoms with Crippen molar-refractivity contribution in [1.29, 1.82) is 0 Å². The monoisotopic (exact) mass is 235 g/mol. The van der Waals surface area contributed by atoms with Gasteiger partial charge in [-0.15, -0.1) is 11.3 Å². The molecular weight excluding hydrogens is 222 g/mol. The maximum atomic E-state index is 10.8. The number of aliphatic carboxylic acids is 1. The van der Waals surface area contributed by atoms with Crippen molar-refractivity contribution >= 4 is 27.5 Å². The maximum absolute atomic E-state index is 10.8. The lowest BCUT2D eigenvalue weighted by Gasteiger charge is -2.18. The maximum Gasteiger partial charge on any atom is 0.304 e. The van der Waals surface area contributed by atoms with E-state index in [-0.39, 0.29) is 6.42 Å². The molecule has 0 unspecified atom stereocenters. The Balaban J connectivity index is 2.43. The van der Waals surface area contributed by atoms with Crippen LogP contribution in [0.15, 0.2) is 24.3 Å². The zero-order chi connectivity index (χ0) is 11.8. The molecule has 2 rings (SSSR count). The van der Waals surface area contributed by atoms with Crippen molar-refractivity contribution in [3.05, 3.63) is 29.3 Å². The van der Waals surface area contributed by atoms with E-state index in [9.17, 15) is 4.79 Å². The van der Waals surface area contributed by atoms with E-state index in [1.54, 1.807) is 11.3 Å². The van der Waals surface area contributed by atoms with E-state index in [1.807, 2.05) is 38.1 Å². The highest BCUT2D eigenvalue weighted by molar-refractivity contribution is 7.18. The lowest BCUT2D eigenvalue weighted by molar-refractivity contribution is -0.138. The smallest absolute Gasteiger partial charge is 0.304 e. The first-order chi connectivity index (χ1) is 7.49. The van der Waals surface area contributed by atoms with Crippen LogP contribution < -0.4 is 0 Å². The average molecular weight is 235 g/mol. The highest BCUT2D eigenvalue weighted by Gasteiger charge is 2.27. The standard InChI is InChI=1S/C12H13NO2S/c1-12(2,7-10(14)15)11-13-8-5-3-4-6-9(8)16-11/h3-6H,7H2,1-2H3,(H,14,15). The minimum atomic E-state index is -0.788. The summed E-state index contributed by atoms with van der Waals surface area (Å²) in [7, 11) is 0. The molecular formula is C12H13NO2S.